The van der Waals surface area contributed by atoms with E-state index < -0.39 is 5.41 Å². The topological polar surface area (TPSA) is 55.1 Å². The summed E-state index contributed by atoms with van der Waals surface area (Å²) in [6.45, 7) is 5.96. The molecule has 0 aliphatic carbocycles. The molecule has 0 fully saturated rings. The lowest BCUT2D eigenvalue weighted by molar-refractivity contribution is -0.128. The molecule has 94 valence electrons. The molecule has 4 heteroatoms. The van der Waals surface area contributed by atoms with Crippen LogP contribution in [0.2, 0.25) is 0 Å². The third kappa shape index (κ3) is 3.82. The van der Waals surface area contributed by atoms with Crippen molar-refractivity contribution in [2.24, 2.45) is 11.1 Å². The van der Waals surface area contributed by atoms with E-state index in [-0.39, 0.29) is 18.3 Å². The van der Waals surface area contributed by atoms with Gasteiger partial charge in [-0.25, -0.2) is 4.39 Å². The normalized spacial score (nSPS) is 11.4. The molecular formula is C13H19FN2O. The number of halogens is 1. The Morgan fingerprint density at radius 1 is 1.41 bits per heavy atom. The molecule has 0 saturated heterocycles. The average molecular weight is 238 g/mol. The van der Waals surface area contributed by atoms with Crippen LogP contribution >= 0.6 is 0 Å². The van der Waals surface area contributed by atoms with E-state index in [1.165, 1.54) is 6.07 Å². The Morgan fingerprint density at radius 3 is 2.53 bits per heavy atom. The first-order valence-electron chi connectivity index (χ1n) is 5.60. The maximum absolute atomic E-state index is 13.6. The van der Waals surface area contributed by atoms with Crippen LogP contribution in [0.1, 0.15) is 31.9 Å². The number of carbonyl (C=O) groups is 1. The SMILES string of the molecule is CC(C)(C)C(=O)NCc1ccc(CN)cc1F. The van der Waals surface area contributed by atoms with Gasteiger partial charge in [0, 0.05) is 24.1 Å². The van der Waals surface area contributed by atoms with E-state index in [9.17, 15) is 9.18 Å². The summed E-state index contributed by atoms with van der Waals surface area (Å²) in [6.07, 6.45) is 0. The summed E-state index contributed by atoms with van der Waals surface area (Å²) in [5.41, 5.74) is 6.16. The molecule has 0 atom stereocenters. The van der Waals surface area contributed by atoms with Crippen molar-refractivity contribution >= 4 is 5.91 Å². The number of nitrogens with two attached hydrogens (primary N) is 1. The molecule has 0 radical (unpaired) electrons. The van der Waals surface area contributed by atoms with E-state index in [0.29, 0.717) is 12.1 Å². The lowest BCUT2D eigenvalue weighted by Crippen LogP contribution is -2.34. The molecule has 0 bridgehead atoms. The second-order valence-electron chi connectivity index (χ2n) is 5.06. The summed E-state index contributed by atoms with van der Waals surface area (Å²) >= 11 is 0. The molecule has 3 nitrogen and oxygen atoms in total. The molecule has 0 spiro atoms. The molecule has 1 amide bonds. The predicted octanol–water partition coefficient (Wildman–Crippen LogP) is 1.95. The highest BCUT2D eigenvalue weighted by Crippen LogP contribution is 2.14. The van der Waals surface area contributed by atoms with Crippen LogP contribution in [0, 0.1) is 11.2 Å². The van der Waals surface area contributed by atoms with Crippen molar-refractivity contribution in [2.75, 3.05) is 0 Å². The van der Waals surface area contributed by atoms with Crippen molar-refractivity contribution in [3.63, 3.8) is 0 Å². The lowest BCUT2D eigenvalue weighted by atomic mass is 9.95. The smallest absolute Gasteiger partial charge is 0.225 e. The van der Waals surface area contributed by atoms with Crippen LogP contribution in [0.25, 0.3) is 0 Å². The Balaban J connectivity index is 2.67. The predicted molar refractivity (Wildman–Crippen MR) is 65.6 cm³/mol. The van der Waals surface area contributed by atoms with Crippen molar-refractivity contribution in [2.45, 2.75) is 33.9 Å². The molecule has 0 unspecified atom stereocenters. The van der Waals surface area contributed by atoms with Gasteiger partial charge in [0.1, 0.15) is 5.82 Å². The summed E-state index contributed by atoms with van der Waals surface area (Å²) < 4.78 is 13.6. The van der Waals surface area contributed by atoms with Crippen molar-refractivity contribution < 1.29 is 9.18 Å². The molecule has 0 aliphatic rings. The van der Waals surface area contributed by atoms with Gasteiger partial charge in [-0.05, 0) is 11.6 Å². The van der Waals surface area contributed by atoms with Gasteiger partial charge in [0.2, 0.25) is 5.91 Å². The molecule has 0 aromatic heterocycles. The van der Waals surface area contributed by atoms with Gasteiger partial charge in [-0.2, -0.15) is 0 Å². The zero-order chi connectivity index (χ0) is 13.1. The van der Waals surface area contributed by atoms with E-state index in [4.69, 9.17) is 5.73 Å². The van der Waals surface area contributed by atoms with Gasteiger partial charge in [0.05, 0.1) is 0 Å². The number of benzene rings is 1. The van der Waals surface area contributed by atoms with Gasteiger partial charge >= 0.3 is 0 Å². The zero-order valence-electron chi connectivity index (χ0n) is 10.5. The summed E-state index contributed by atoms with van der Waals surface area (Å²) in [7, 11) is 0. The average Bonchev–Trinajstić information content (AvgIpc) is 2.25. The zero-order valence-corrected chi connectivity index (χ0v) is 10.5. The molecular weight excluding hydrogens is 219 g/mol. The Morgan fingerprint density at radius 2 is 2.06 bits per heavy atom. The first-order valence-corrected chi connectivity index (χ1v) is 5.60. The minimum atomic E-state index is -0.465. The number of carbonyl (C=O) groups excluding carboxylic acids is 1. The maximum Gasteiger partial charge on any atom is 0.225 e. The van der Waals surface area contributed by atoms with Gasteiger partial charge < -0.3 is 11.1 Å². The largest absolute Gasteiger partial charge is 0.351 e. The minimum Gasteiger partial charge on any atom is -0.351 e. The van der Waals surface area contributed by atoms with E-state index in [0.717, 1.165) is 5.56 Å². The standard InChI is InChI=1S/C13H19FN2O/c1-13(2,3)12(17)16-8-10-5-4-9(7-15)6-11(10)14/h4-6H,7-8,15H2,1-3H3,(H,16,17). The van der Waals surface area contributed by atoms with E-state index >= 15 is 0 Å². The molecule has 1 aromatic rings. The van der Waals surface area contributed by atoms with Crippen LogP contribution in [0.5, 0.6) is 0 Å². The first-order chi connectivity index (χ1) is 7.84. The van der Waals surface area contributed by atoms with Crippen molar-refractivity contribution in [3.05, 3.63) is 35.1 Å². The van der Waals surface area contributed by atoms with Gasteiger partial charge in [-0.1, -0.05) is 32.9 Å². The second kappa shape index (κ2) is 5.27. The highest BCUT2D eigenvalue weighted by Gasteiger charge is 2.20. The van der Waals surface area contributed by atoms with Crippen LogP contribution < -0.4 is 11.1 Å². The third-order valence-electron chi connectivity index (χ3n) is 2.47. The number of rotatable bonds is 3. The number of amides is 1. The quantitative estimate of drug-likeness (QED) is 0.845. The van der Waals surface area contributed by atoms with E-state index in [1.807, 2.05) is 20.8 Å². The van der Waals surface area contributed by atoms with Crippen molar-refractivity contribution in [1.82, 2.24) is 5.32 Å². The molecule has 1 aromatic carbocycles. The Hall–Kier alpha value is -1.42. The fourth-order valence-electron chi connectivity index (χ4n) is 1.30. The summed E-state index contributed by atoms with van der Waals surface area (Å²) in [5.74, 6) is -0.429. The molecule has 1 rings (SSSR count). The van der Waals surface area contributed by atoms with Crippen LogP contribution in [0.15, 0.2) is 18.2 Å². The third-order valence-corrected chi connectivity index (χ3v) is 2.47. The number of nitrogens with one attached hydrogen (secondary N) is 1. The van der Waals surface area contributed by atoms with E-state index in [1.54, 1.807) is 12.1 Å². The molecule has 0 aliphatic heterocycles. The summed E-state index contributed by atoms with van der Waals surface area (Å²) in [5, 5.41) is 2.71. The molecule has 3 N–H and O–H groups in total. The Kier molecular flexibility index (Phi) is 4.23. The lowest BCUT2D eigenvalue weighted by Gasteiger charge is -2.17. The fourth-order valence-corrected chi connectivity index (χ4v) is 1.30. The second-order valence-corrected chi connectivity index (χ2v) is 5.06. The summed E-state index contributed by atoms with van der Waals surface area (Å²) in [4.78, 5) is 11.6. The Labute approximate surface area is 101 Å². The summed E-state index contributed by atoms with van der Waals surface area (Å²) in [6, 6.07) is 4.82. The van der Waals surface area contributed by atoms with Crippen LogP contribution in [-0.2, 0) is 17.9 Å². The Bertz CT molecular complexity index is 410. The fraction of sp³-hybridized carbons (Fsp3) is 0.462. The van der Waals surface area contributed by atoms with Crippen LogP contribution in [0.4, 0.5) is 4.39 Å². The highest BCUT2D eigenvalue weighted by atomic mass is 19.1. The van der Waals surface area contributed by atoms with Crippen molar-refractivity contribution in [1.29, 1.82) is 0 Å². The molecule has 0 heterocycles. The molecule has 17 heavy (non-hydrogen) atoms. The van der Waals surface area contributed by atoms with Gasteiger partial charge in [0.15, 0.2) is 0 Å². The van der Waals surface area contributed by atoms with Gasteiger partial charge in [-0.3, -0.25) is 4.79 Å². The van der Waals surface area contributed by atoms with Crippen molar-refractivity contribution in [3.8, 4) is 0 Å². The van der Waals surface area contributed by atoms with Crippen LogP contribution in [0.3, 0.4) is 0 Å². The van der Waals surface area contributed by atoms with Gasteiger partial charge in [0.25, 0.3) is 0 Å². The van der Waals surface area contributed by atoms with Gasteiger partial charge in [-0.15, -0.1) is 0 Å². The number of hydrogen-bond donors (Lipinski definition) is 2. The van der Waals surface area contributed by atoms with Crippen LogP contribution in [-0.4, -0.2) is 5.91 Å². The first kappa shape index (κ1) is 13.6. The number of hydrogen-bond acceptors (Lipinski definition) is 2. The minimum absolute atomic E-state index is 0.0974. The highest BCUT2D eigenvalue weighted by molar-refractivity contribution is 5.81. The maximum atomic E-state index is 13.6. The van der Waals surface area contributed by atoms with E-state index in [2.05, 4.69) is 5.32 Å². The monoisotopic (exact) mass is 238 g/mol. The molecule has 0 saturated carbocycles.